The van der Waals surface area contributed by atoms with Crippen LogP contribution in [0.25, 0.3) is 10.4 Å². The largest absolute Gasteiger partial charge is 0.204 e. The maximum absolute atomic E-state index is 13.0. The van der Waals surface area contributed by atoms with Crippen molar-refractivity contribution in [2.24, 2.45) is 5.11 Å². The molecule has 0 saturated carbocycles. The van der Waals surface area contributed by atoms with Crippen molar-refractivity contribution in [3.05, 3.63) is 45.8 Å². The van der Waals surface area contributed by atoms with Gasteiger partial charge in [0, 0.05) is 4.91 Å². The topological polar surface area (TPSA) is 48.8 Å². The fourth-order valence-electron chi connectivity index (χ4n) is 0.983. The summed E-state index contributed by atoms with van der Waals surface area (Å²) in [5, 5.41) is 3.27. The number of azide groups is 1. The molecule has 0 saturated heterocycles. The zero-order chi connectivity index (χ0) is 9.84. The Labute approximate surface area is 73.6 Å². The van der Waals surface area contributed by atoms with Crippen molar-refractivity contribution in [2.75, 3.05) is 0 Å². The van der Waals surface area contributed by atoms with Crippen LogP contribution < -0.4 is 0 Å². The summed E-state index contributed by atoms with van der Waals surface area (Å²) in [6.07, 6.45) is 0. The van der Waals surface area contributed by atoms with Crippen LogP contribution in [0.4, 0.5) is 8.78 Å². The van der Waals surface area contributed by atoms with E-state index in [0.717, 1.165) is 6.07 Å². The second-order valence-corrected chi connectivity index (χ2v) is 2.52. The third-order valence-electron chi connectivity index (χ3n) is 1.66. The lowest BCUT2D eigenvalue weighted by atomic mass is 10.1. The molecule has 1 rings (SSSR count). The molecule has 0 fully saturated rings. The van der Waals surface area contributed by atoms with Crippen LogP contribution >= 0.6 is 0 Å². The second kappa shape index (κ2) is 3.87. The summed E-state index contributed by atoms with van der Waals surface area (Å²) in [6, 6.07) is 3.08. The minimum atomic E-state index is -0.956. The molecule has 13 heavy (non-hydrogen) atoms. The van der Waals surface area contributed by atoms with Gasteiger partial charge in [-0.05, 0) is 17.2 Å². The van der Waals surface area contributed by atoms with Crippen LogP contribution in [0.2, 0.25) is 0 Å². The molecule has 1 aromatic carbocycles. The van der Waals surface area contributed by atoms with E-state index in [-0.39, 0.29) is 5.56 Å². The van der Waals surface area contributed by atoms with Gasteiger partial charge in [0.15, 0.2) is 11.6 Å². The SMILES string of the molecule is C[C@@H](N=[N+]=[N-])c1cccc(F)c1F. The maximum atomic E-state index is 13.0. The van der Waals surface area contributed by atoms with E-state index in [0.29, 0.717) is 0 Å². The monoisotopic (exact) mass is 183 g/mol. The van der Waals surface area contributed by atoms with E-state index in [1.165, 1.54) is 19.1 Å². The van der Waals surface area contributed by atoms with Gasteiger partial charge >= 0.3 is 0 Å². The summed E-state index contributed by atoms with van der Waals surface area (Å²) in [5.74, 6) is -1.89. The summed E-state index contributed by atoms with van der Waals surface area (Å²) in [5.41, 5.74) is 8.17. The van der Waals surface area contributed by atoms with Gasteiger partial charge in [0.25, 0.3) is 0 Å². The average Bonchev–Trinajstić information content (AvgIpc) is 2.10. The Morgan fingerprint density at radius 3 is 2.77 bits per heavy atom. The number of hydrogen-bond donors (Lipinski definition) is 0. The Bertz CT molecular complexity index is 358. The normalized spacial score (nSPS) is 11.9. The Kier molecular flexibility index (Phi) is 2.82. The van der Waals surface area contributed by atoms with Gasteiger partial charge in [-0.25, -0.2) is 8.78 Å². The predicted octanol–water partition coefficient (Wildman–Crippen LogP) is 3.34. The summed E-state index contributed by atoms with van der Waals surface area (Å²) in [7, 11) is 0. The molecule has 0 unspecified atom stereocenters. The van der Waals surface area contributed by atoms with Gasteiger partial charge in [0.1, 0.15) is 0 Å². The lowest BCUT2D eigenvalue weighted by Crippen LogP contribution is -1.96. The first-order valence-corrected chi connectivity index (χ1v) is 3.65. The molecule has 0 bridgehead atoms. The van der Waals surface area contributed by atoms with E-state index in [1.54, 1.807) is 0 Å². The van der Waals surface area contributed by atoms with Gasteiger partial charge < -0.3 is 0 Å². The van der Waals surface area contributed by atoms with E-state index in [9.17, 15) is 8.78 Å². The van der Waals surface area contributed by atoms with Crippen molar-refractivity contribution in [3.8, 4) is 0 Å². The Morgan fingerprint density at radius 1 is 1.46 bits per heavy atom. The molecule has 1 aromatic rings. The van der Waals surface area contributed by atoms with Gasteiger partial charge in [-0.15, -0.1) is 0 Å². The fourth-order valence-corrected chi connectivity index (χ4v) is 0.983. The number of rotatable bonds is 2. The van der Waals surface area contributed by atoms with E-state index in [4.69, 9.17) is 5.53 Å². The van der Waals surface area contributed by atoms with Crippen LogP contribution in [0, 0.1) is 11.6 Å². The molecule has 0 N–H and O–H groups in total. The van der Waals surface area contributed by atoms with Gasteiger partial charge in [0.2, 0.25) is 0 Å². The smallest absolute Gasteiger partial charge is 0.162 e. The highest BCUT2D eigenvalue weighted by Gasteiger charge is 2.12. The molecule has 0 aliphatic heterocycles. The average molecular weight is 183 g/mol. The minimum Gasteiger partial charge on any atom is -0.204 e. The number of halogens is 2. The summed E-state index contributed by atoms with van der Waals surface area (Å²) in [6.45, 7) is 1.50. The highest BCUT2D eigenvalue weighted by atomic mass is 19.2. The molecule has 0 radical (unpaired) electrons. The minimum absolute atomic E-state index is 0.0674. The first kappa shape index (κ1) is 9.48. The van der Waals surface area contributed by atoms with Gasteiger partial charge in [0.05, 0.1) is 6.04 Å². The molecule has 0 aliphatic carbocycles. The molecule has 68 valence electrons. The molecular weight excluding hydrogens is 176 g/mol. The molecule has 0 heterocycles. The van der Waals surface area contributed by atoms with Crippen molar-refractivity contribution in [1.82, 2.24) is 0 Å². The van der Waals surface area contributed by atoms with Gasteiger partial charge in [-0.3, -0.25) is 0 Å². The van der Waals surface area contributed by atoms with Crippen molar-refractivity contribution in [3.63, 3.8) is 0 Å². The van der Waals surface area contributed by atoms with Crippen LogP contribution in [-0.4, -0.2) is 0 Å². The number of benzene rings is 1. The van der Waals surface area contributed by atoms with E-state index in [1.807, 2.05) is 0 Å². The van der Waals surface area contributed by atoms with Crippen molar-refractivity contribution in [1.29, 1.82) is 0 Å². The lowest BCUT2D eigenvalue weighted by molar-refractivity contribution is 0.492. The van der Waals surface area contributed by atoms with Crippen LogP contribution in [0.3, 0.4) is 0 Å². The molecule has 0 spiro atoms. The van der Waals surface area contributed by atoms with E-state index in [2.05, 4.69) is 10.0 Å². The maximum Gasteiger partial charge on any atom is 0.162 e. The number of hydrogen-bond acceptors (Lipinski definition) is 1. The summed E-state index contributed by atoms with van der Waals surface area (Å²) in [4.78, 5) is 2.52. The molecule has 3 nitrogen and oxygen atoms in total. The quantitative estimate of drug-likeness (QED) is 0.383. The van der Waals surface area contributed by atoms with Crippen LogP contribution in [0.5, 0.6) is 0 Å². The van der Waals surface area contributed by atoms with Crippen molar-refractivity contribution >= 4 is 0 Å². The molecule has 0 amide bonds. The third-order valence-corrected chi connectivity index (χ3v) is 1.66. The van der Waals surface area contributed by atoms with Crippen LogP contribution in [0.15, 0.2) is 23.3 Å². The van der Waals surface area contributed by atoms with Crippen LogP contribution in [0.1, 0.15) is 18.5 Å². The molecule has 1 atom stereocenters. The highest BCUT2D eigenvalue weighted by Crippen LogP contribution is 2.21. The molecule has 5 heteroatoms. The number of nitrogens with zero attached hydrogens (tertiary/aromatic N) is 3. The van der Waals surface area contributed by atoms with Gasteiger partial charge in [-0.1, -0.05) is 24.2 Å². The highest BCUT2D eigenvalue weighted by molar-refractivity contribution is 5.21. The van der Waals surface area contributed by atoms with Gasteiger partial charge in [-0.2, -0.15) is 0 Å². The second-order valence-electron chi connectivity index (χ2n) is 2.52. The third kappa shape index (κ3) is 1.95. The van der Waals surface area contributed by atoms with Crippen molar-refractivity contribution < 1.29 is 8.78 Å². The van der Waals surface area contributed by atoms with E-state index < -0.39 is 17.7 Å². The summed E-state index contributed by atoms with van der Waals surface area (Å²) < 4.78 is 25.7. The predicted molar refractivity (Wildman–Crippen MR) is 43.9 cm³/mol. The van der Waals surface area contributed by atoms with E-state index >= 15 is 0 Å². The molecule has 0 aromatic heterocycles. The molecular formula is C8H7F2N3. The Morgan fingerprint density at radius 2 is 2.15 bits per heavy atom. The lowest BCUT2D eigenvalue weighted by Gasteiger charge is -2.05. The fraction of sp³-hybridized carbons (Fsp3) is 0.250. The standard InChI is InChI=1S/C8H7F2N3/c1-5(12-13-11)6-3-2-4-7(9)8(6)10/h2-5H,1H3/t5-/m1/s1. The first-order chi connectivity index (χ1) is 6.16. The first-order valence-electron chi connectivity index (χ1n) is 3.65. The van der Waals surface area contributed by atoms with Crippen LogP contribution in [-0.2, 0) is 0 Å². The zero-order valence-electron chi connectivity index (χ0n) is 6.91. The Hall–Kier alpha value is -1.61. The summed E-state index contributed by atoms with van der Waals surface area (Å²) >= 11 is 0. The molecule has 0 aliphatic rings. The zero-order valence-corrected chi connectivity index (χ0v) is 6.91. The van der Waals surface area contributed by atoms with Crippen molar-refractivity contribution in [2.45, 2.75) is 13.0 Å². The Balaban J connectivity index is 3.14.